The second-order valence-corrected chi connectivity index (χ2v) is 9.35. The monoisotopic (exact) mass is 258 g/mol. The van der Waals surface area contributed by atoms with Gasteiger partial charge < -0.3 is 0 Å². The summed E-state index contributed by atoms with van der Waals surface area (Å²) in [5, 5.41) is 6.01. The fourth-order valence-electron chi connectivity index (χ4n) is 2.44. The van der Waals surface area contributed by atoms with Crippen LogP contribution < -0.4 is 4.35 Å². The van der Waals surface area contributed by atoms with Gasteiger partial charge in [-0.15, -0.1) is 0 Å². The van der Waals surface area contributed by atoms with E-state index >= 15 is 0 Å². The maximum atomic E-state index is 2.38. The summed E-state index contributed by atoms with van der Waals surface area (Å²) in [6.45, 7) is 0. The third-order valence-electron chi connectivity index (χ3n) is 3.21. The zero-order valence-corrected chi connectivity index (χ0v) is 10.7. The summed E-state index contributed by atoms with van der Waals surface area (Å²) in [4.78, 5) is 0. The zero-order valence-electron chi connectivity index (χ0n) is 8.82. The van der Waals surface area contributed by atoms with Gasteiger partial charge in [0.15, 0.2) is 0 Å². The Bertz CT molecular complexity index is 464. The molecule has 0 N–H and O–H groups in total. The number of hydrogen-bond donors (Lipinski definition) is 0. The molecule has 2 aromatic carbocycles. The molecule has 76 valence electrons. The Morgan fingerprint density at radius 3 is 2.40 bits per heavy atom. The molecule has 1 aliphatic rings. The van der Waals surface area contributed by atoms with Crippen LogP contribution in [-0.2, 0) is 0 Å². The standard InChI is InChI=1S/C14H15As/c1-2-8-13-12(6-1)7-5-9-14(13)15-10-3-4-11-15/h1-2,5-9H,3-4,10-11H2. The van der Waals surface area contributed by atoms with E-state index in [2.05, 4.69) is 42.5 Å². The number of hydrogen-bond acceptors (Lipinski definition) is 0. The van der Waals surface area contributed by atoms with Crippen molar-refractivity contribution in [2.45, 2.75) is 23.3 Å². The summed E-state index contributed by atoms with van der Waals surface area (Å²) in [6.07, 6.45) is 2.95. The van der Waals surface area contributed by atoms with Crippen molar-refractivity contribution in [3.63, 3.8) is 0 Å². The second kappa shape index (κ2) is 4.02. The van der Waals surface area contributed by atoms with E-state index in [0.717, 1.165) is 0 Å². The summed E-state index contributed by atoms with van der Waals surface area (Å²) in [6, 6.07) is 15.7. The van der Waals surface area contributed by atoms with Crippen molar-refractivity contribution >= 4 is 29.8 Å². The molecule has 0 atom stereocenters. The van der Waals surface area contributed by atoms with Crippen LogP contribution >= 0.6 is 0 Å². The van der Waals surface area contributed by atoms with Crippen LogP contribution in [0, 0.1) is 0 Å². The molecule has 0 spiro atoms. The van der Waals surface area contributed by atoms with Crippen molar-refractivity contribution in [3.05, 3.63) is 42.5 Å². The first-order valence-corrected chi connectivity index (χ1v) is 9.27. The van der Waals surface area contributed by atoms with Gasteiger partial charge in [0, 0.05) is 0 Å². The van der Waals surface area contributed by atoms with E-state index in [1.807, 2.05) is 0 Å². The van der Waals surface area contributed by atoms with Crippen LogP contribution in [0.2, 0.25) is 10.4 Å². The predicted molar refractivity (Wildman–Crippen MR) is 68.2 cm³/mol. The van der Waals surface area contributed by atoms with Gasteiger partial charge in [-0.05, 0) is 0 Å². The first-order chi connectivity index (χ1) is 7.45. The minimum atomic E-state index is -0.660. The van der Waals surface area contributed by atoms with Crippen molar-refractivity contribution in [2.75, 3.05) is 0 Å². The van der Waals surface area contributed by atoms with Crippen LogP contribution in [0.1, 0.15) is 12.8 Å². The molecule has 1 heterocycles. The summed E-state index contributed by atoms with van der Waals surface area (Å²) in [5.74, 6) is 0. The van der Waals surface area contributed by atoms with E-state index in [-0.39, 0.29) is 0 Å². The first-order valence-electron chi connectivity index (χ1n) is 5.68. The van der Waals surface area contributed by atoms with Crippen molar-refractivity contribution in [1.82, 2.24) is 0 Å². The van der Waals surface area contributed by atoms with Crippen molar-refractivity contribution < 1.29 is 0 Å². The average molecular weight is 258 g/mol. The van der Waals surface area contributed by atoms with Gasteiger partial charge in [-0.25, -0.2) is 0 Å². The quantitative estimate of drug-likeness (QED) is 0.688. The molecule has 1 aliphatic heterocycles. The number of rotatable bonds is 1. The Balaban J connectivity index is 2.16. The zero-order chi connectivity index (χ0) is 10.1. The number of fused-ring (bicyclic) bond motifs is 1. The molecular weight excluding hydrogens is 243 g/mol. The van der Waals surface area contributed by atoms with Gasteiger partial charge >= 0.3 is 95.5 Å². The third kappa shape index (κ3) is 1.72. The summed E-state index contributed by atoms with van der Waals surface area (Å²) in [7, 11) is 0. The molecule has 0 aromatic heterocycles. The van der Waals surface area contributed by atoms with Gasteiger partial charge in [0.2, 0.25) is 0 Å². The van der Waals surface area contributed by atoms with Crippen LogP contribution in [0.15, 0.2) is 42.5 Å². The van der Waals surface area contributed by atoms with Gasteiger partial charge in [0.05, 0.1) is 0 Å². The van der Waals surface area contributed by atoms with E-state index in [1.165, 1.54) is 34.0 Å². The molecule has 0 amide bonds. The molecular formula is C14H15As. The third-order valence-corrected chi connectivity index (χ3v) is 9.05. The van der Waals surface area contributed by atoms with Crippen LogP contribution in [0.25, 0.3) is 10.8 Å². The Morgan fingerprint density at radius 2 is 1.53 bits per heavy atom. The molecule has 1 fully saturated rings. The molecule has 0 unspecified atom stereocenters. The second-order valence-electron chi connectivity index (χ2n) is 4.19. The van der Waals surface area contributed by atoms with E-state index in [9.17, 15) is 0 Å². The Morgan fingerprint density at radius 1 is 0.800 bits per heavy atom. The van der Waals surface area contributed by atoms with Gasteiger partial charge in [0.25, 0.3) is 0 Å². The Labute approximate surface area is 95.6 Å². The SMILES string of the molecule is c1ccc2c([As]3CCCC3)cccc2c1. The predicted octanol–water partition coefficient (Wildman–Crippen LogP) is 3.34. The van der Waals surface area contributed by atoms with Crippen molar-refractivity contribution in [1.29, 1.82) is 0 Å². The van der Waals surface area contributed by atoms with Gasteiger partial charge in [-0.3, -0.25) is 0 Å². The van der Waals surface area contributed by atoms with Gasteiger partial charge in [-0.2, -0.15) is 0 Å². The topological polar surface area (TPSA) is 0 Å². The maximum absolute atomic E-state index is 2.38. The Kier molecular flexibility index (Phi) is 2.54. The van der Waals surface area contributed by atoms with Crippen molar-refractivity contribution in [2.24, 2.45) is 0 Å². The van der Waals surface area contributed by atoms with E-state index in [0.29, 0.717) is 0 Å². The molecule has 0 aliphatic carbocycles. The fraction of sp³-hybridized carbons (Fsp3) is 0.286. The van der Waals surface area contributed by atoms with Crippen LogP contribution in [0.5, 0.6) is 0 Å². The van der Waals surface area contributed by atoms with Crippen LogP contribution in [-0.4, -0.2) is 14.7 Å². The fourth-order valence-corrected chi connectivity index (χ4v) is 8.23. The van der Waals surface area contributed by atoms with Crippen LogP contribution in [0.3, 0.4) is 0 Å². The van der Waals surface area contributed by atoms with Gasteiger partial charge in [0.1, 0.15) is 0 Å². The van der Waals surface area contributed by atoms with Crippen molar-refractivity contribution in [3.8, 4) is 0 Å². The van der Waals surface area contributed by atoms with Gasteiger partial charge in [-0.1, -0.05) is 0 Å². The summed E-state index contributed by atoms with van der Waals surface area (Å²) in [5.41, 5.74) is 0. The molecule has 1 heteroatoms. The molecule has 3 rings (SSSR count). The van der Waals surface area contributed by atoms with Crippen LogP contribution in [0.4, 0.5) is 0 Å². The molecule has 0 nitrogen and oxygen atoms in total. The Hall–Kier alpha value is -0.742. The molecule has 1 saturated heterocycles. The molecule has 15 heavy (non-hydrogen) atoms. The molecule has 2 aromatic rings. The first kappa shape index (κ1) is 9.48. The number of benzene rings is 2. The summed E-state index contributed by atoms with van der Waals surface area (Å²) >= 11 is -0.660. The normalized spacial score (nSPS) is 17.3. The molecule has 0 bridgehead atoms. The summed E-state index contributed by atoms with van der Waals surface area (Å²) < 4.78 is 1.72. The van der Waals surface area contributed by atoms with E-state index < -0.39 is 14.7 Å². The average Bonchev–Trinajstić information content (AvgIpc) is 2.82. The van der Waals surface area contributed by atoms with E-state index in [4.69, 9.17) is 0 Å². The molecule has 0 saturated carbocycles. The van der Waals surface area contributed by atoms with E-state index in [1.54, 1.807) is 4.35 Å². The minimum absolute atomic E-state index is 0.660. The molecule has 0 radical (unpaired) electrons.